The topological polar surface area (TPSA) is 103 Å². The summed E-state index contributed by atoms with van der Waals surface area (Å²) in [4.78, 5) is 21.1. The summed E-state index contributed by atoms with van der Waals surface area (Å²) in [6, 6.07) is 4.76. The Balaban J connectivity index is 2.43. The number of hydrogen-bond acceptors (Lipinski definition) is 8. The minimum atomic E-state index is -0.534. The summed E-state index contributed by atoms with van der Waals surface area (Å²) in [7, 11) is 3.11. The summed E-state index contributed by atoms with van der Waals surface area (Å²) in [6.07, 6.45) is 1.25. The monoisotopic (exact) mass is 415 g/mol. The van der Waals surface area contributed by atoms with Crippen molar-refractivity contribution in [2.45, 2.75) is 0 Å². The fourth-order valence-corrected chi connectivity index (χ4v) is 2.76. The molecule has 1 heterocycles. The normalized spacial score (nSPS) is 10.7. The van der Waals surface area contributed by atoms with Gasteiger partial charge in [0.2, 0.25) is 11.6 Å². The highest BCUT2D eigenvalue weighted by Crippen LogP contribution is 2.35. The lowest BCUT2D eigenvalue weighted by atomic mass is 10.3. The number of aromatic nitrogens is 2. The zero-order valence-corrected chi connectivity index (χ0v) is 16.3. The van der Waals surface area contributed by atoms with E-state index in [0.717, 1.165) is 0 Å². The highest BCUT2D eigenvalue weighted by Gasteiger charge is 2.27. The van der Waals surface area contributed by atoms with Crippen LogP contribution in [-0.2, 0) is 9.47 Å². The van der Waals surface area contributed by atoms with Gasteiger partial charge in [-0.3, -0.25) is 10.1 Å². The average Bonchev–Trinajstić information content (AvgIpc) is 2.64. The Hall–Kier alpha value is -2.20. The molecule has 0 saturated carbocycles. The first-order valence-corrected chi connectivity index (χ1v) is 8.67. The molecule has 0 aliphatic rings. The van der Waals surface area contributed by atoms with Crippen molar-refractivity contribution in [2.75, 3.05) is 50.7 Å². The Labute approximate surface area is 166 Å². The molecule has 146 valence electrons. The van der Waals surface area contributed by atoms with Gasteiger partial charge >= 0.3 is 5.69 Å². The van der Waals surface area contributed by atoms with Crippen molar-refractivity contribution in [2.24, 2.45) is 0 Å². The number of hydrogen-bond donors (Lipinski definition) is 1. The third-order valence-corrected chi connectivity index (χ3v) is 4.15. The fraction of sp³-hybridized carbons (Fsp3) is 0.375. The molecule has 2 aromatic rings. The second kappa shape index (κ2) is 10.2. The summed E-state index contributed by atoms with van der Waals surface area (Å²) in [6.45, 7) is 1.55. The second-order valence-corrected chi connectivity index (χ2v) is 6.22. The zero-order chi connectivity index (χ0) is 19.8. The van der Waals surface area contributed by atoms with Gasteiger partial charge in [0, 0.05) is 32.3 Å². The second-order valence-electron chi connectivity index (χ2n) is 5.37. The van der Waals surface area contributed by atoms with Crippen molar-refractivity contribution in [3.63, 3.8) is 0 Å². The van der Waals surface area contributed by atoms with Crippen LogP contribution in [0.2, 0.25) is 10.0 Å². The predicted molar refractivity (Wildman–Crippen MR) is 104 cm³/mol. The van der Waals surface area contributed by atoms with E-state index in [4.69, 9.17) is 32.7 Å². The summed E-state index contributed by atoms with van der Waals surface area (Å²) < 4.78 is 10.2. The highest BCUT2D eigenvalue weighted by molar-refractivity contribution is 6.36. The lowest BCUT2D eigenvalue weighted by Crippen LogP contribution is -2.32. The average molecular weight is 416 g/mol. The van der Waals surface area contributed by atoms with Crippen LogP contribution in [-0.4, -0.2) is 55.4 Å². The van der Waals surface area contributed by atoms with Gasteiger partial charge in [-0.1, -0.05) is 23.2 Å². The molecule has 27 heavy (non-hydrogen) atoms. The molecule has 1 aromatic heterocycles. The van der Waals surface area contributed by atoms with E-state index in [1.54, 1.807) is 31.3 Å². The maximum Gasteiger partial charge on any atom is 0.353 e. The number of rotatable bonds is 10. The third-order valence-electron chi connectivity index (χ3n) is 3.60. The van der Waals surface area contributed by atoms with E-state index >= 15 is 0 Å². The SMILES string of the molecule is COCCN(CCOC)c1ncnc(Nc2ccc(Cl)cc2Cl)c1[N+](=O)[O-]. The van der Waals surface area contributed by atoms with Gasteiger partial charge in [-0.2, -0.15) is 0 Å². The Morgan fingerprint density at radius 3 is 2.41 bits per heavy atom. The molecule has 0 aliphatic heterocycles. The molecule has 11 heteroatoms. The maximum atomic E-state index is 11.8. The molecule has 0 fully saturated rings. The molecule has 0 spiro atoms. The molecular formula is C16H19Cl2N5O4. The number of methoxy groups -OCH3 is 2. The first kappa shape index (κ1) is 21.1. The van der Waals surface area contributed by atoms with Crippen LogP contribution in [0.3, 0.4) is 0 Å². The molecule has 0 saturated heterocycles. The van der Waals surface area contributed by atoms with Crippen LogP contribution in [0.25, 0.3) is 0 Å². The van der Waals surface area contributed by atoms with Gasteiger partial charge in [-0.25, -0.2) is 9.97 Å². The smallest absolute Gasteiger partial charge is 0.353 e. The minimum absolute atomic E-state index is 0.0223. The van der Waals surface area contributed by atoms with Crippen LogP contribution in [0.15, 0.2) is 24.5 Å². The number of benzene rings is 1. The highest BCUT2D eigenvalue weighted by atomic mass is 35.5. The van der Waals surface area contributed by atoms with Crippen molar-refractivity contribution in [1.82, 2.24) is 9.97 Å². The number of nitro groups is 1. The fourth-order valence-electron chi connectivity index (χ4n) is 2.31. The van der Waals surface area contributed by atoms with Gasteiger partial charge in [-0.05, 0) is 18.2 Å². The number of ether oxygens (including phenoxy) is 2. The summed E-state index contributed by atoms with van der Waals surface area (Å²) in [5.41, 5.74) is 0.171. The van der Waals surface area contributed by atoms with E-state index in [9.17, 15) is 10.1 Å². The van der Waals surface area contributed by atoms with Crippen molar-refractivity contribution in [3.8, 4) is 0 Å². The van der Waals surface area contributed by atoms with Crippen molar-refractivity contribution in [3.05, 3.63) is 44.7 Å². The van der Waals surface area contributed by atoms with E-state index in [0.29, 0.717) is 42.0 Å². The van der Waals surface area contributed by atoms with E-state index in [2.05, 4.69) is 15.3 Å². The van der Waals surface area contributed by atoms with Crippen molar-refractivity contribution < 1.29 is 14.4 Å². The molecule has 2 rings (SSSR count). The van der Waals surface area contributed by atoms with Crippen molar-refractivity contribution in [1.29, 1.82) is 0 Å². The summed E-state index contributed by atoms with van der Waals surface area (Å²) >= 11 is 12.0. The third kappa shape index (κ3) is 5.64. The quantitative estimate of drug-likeness (QED) is 0.464. The van der Waals surface area contributed by atoms with Crippen LogP contribution in [0.4, 0.5) is 23.0 Å². The first-order chi connectivity index (χ1) is 13.0. The van der Waals surface area contributed by atoms with Gasteiger partial charge in [0.1, 0.15) is 6.33 Å². The van der Waals surface area contributed by atoms with Gasteiger partial charge in [0.25, 0.3) is 0 Å². The molecule has 9 nitrogen and oxygen atoms in total. The van der Waals surface area contributed by atoms with Crippen LogP contribution in [0.1, 0.15) is 0 Å². The van der Waals surface area contributed by atoms with E-state index in [-0.39, 0.29) is 17.3 Å². The molecule has 0 radical (unpaired) electrons. The summed E-state index contributed by atoms with van der Waals surface area (Å²) in [5, 5.41) is 15.4. The lowest BCUT2D eigenvalue weighted by molar-refractivity contribution is -0.383. The minimum Gasteiger partial charge on any atom is -0.383 e. The predicted octanol–water partition coefficient (Wildman–Crippen LogP) is 3.53. The molecule has 0 bridgehead atoms. The Kier molecular flexibility index (Phi) is 7.99. The molecule has 0 aliphatic carbocycles. The molecule has 0 atom stereocenters. The van der Waals surface area contributed by atoms with Crippen LogP contribution >= 0.6 is 23.2 Å². The van der Waals surface area contributed by atoms with Gasteiger partial charge < -0.3 is 19.7 Å². The Morgan fingerprint density at radius 2 is 1.85 bits per heavy atom. The lowest BCUT2D eigenvalue weighted by Gasteiger charge is -2.23. The van der Waals surface area contributed by atoms with E-state index in [1.807, 2.05) is 0 Å². The first-order valence-electron chi connectivity index (χ1n) is 7.92. The number of anilines is 3. The number of halogens is 2. The molecular weight excluding hydrogens is 397 g/mol. The zero-order valence-electron chi connectivity index (χ0n) is 14.8. The molecule has 1 aromatic carbocycles. The van der Waals surface area contributed by atoms with Crippen molar-refractivity contribution >= 4 is 46.2 Å². The molecule has 0 unspecified atom stereocenters. The summed E-state index contributed by atoms with van der Waals surface area (Å²) in [5.74, 6) is 0.186. The Morgan fingerprint density at radius 1 is 1.19 bits per heavy atom. The maximum absolute atomic E-state index is 11.8. The molecule has 1 N–H and O–H groups in total. The van der Waals surface area contributed by atoms with Gasteiger partial charge in [0.05, 0.1) is 28.8 Å². The van der Waals surface area contributed by atoms with Gasteiger partial charge in [0.15, 0.2) is 0 Å². The van der Waals surface area contributed by atoms with Crippen LogP contribution in [0, 0.1) is 10.1 Å². The van der Waals surface area contributed by atoms with E-state index in [1.165, 1.54) is 12.4 Å². The van der Waals surface area contributed by atoms with E-state index < -0.39 is 4.92 Å². The Bertz CT molecular complexity index is 785. The number of nitrogens with zero attached hydrogens (tertiary/aromatic N) is 4. The molecule has 0 amide bonds. The standard InChI is InChI=1S/C16H19Cl2N5O4/c1-26-7-5-22(6-8-27-2)16-14(23(24)25)15(19-10-20-16)21-13-4-3-11(17)9-12(13)18/h3-4,9-10H,5-8H2,1-2H3,(H,19,20,21). The largest absolute Gasteiger partial charge is 0.383 e. The number of nitrogens with one attached hydrogen (secondary N) is 1. The van der Waals surface area contributed by atoms with Gasteiger partial charge in [-0.15, -0.1) is 0 Å². The van der Waals surface area contributed by atoms with Crippen LogP contribution < -0.4 is 10.2 Å². The van der Waals surface area contributed by atoms with Crippen LogP contribution in [0.5, 0.6) is 0 Å².